The van der Waals surface area contributed by atoms with Gasteiger partial charge in [-0.1, -0.05) is 30.7 Å². The molecule has 82 valence electrons. The largest absolute Gasteiger partial charge is 0.312 e. The molecule has 1 aromatic rings. The van der Waals surface area contributed by atoms with E-state index in [-0.39, 0.29) is 10.8 Å². The minimum atomic E-state index is -0.337. The highest BCUT2D eigenvalue weighted by molar-refractivity contribution is 6.31. The van der Waals surface area contributed by atoms with Crippen LogP contribution in [0.4, 0.5) is 4.39 Å². The number of benzene rings is 1. The summed E-state index contributed by atoms with van der Waals surface area (Å²) in [5.41, 5.74) is 0.838. The molecule has 1 N–H and O–H groups in total. The van der Waals surface area contributed by atoms with Crippen LogP contribution in [-0.2, 0) is 6.54 Å². The van der Waals surface area contributed by atoms with Gasteiger partial charge in [0, 0.05) is 6.54 Å². The maximum Gasteiger partial charge on any atom is 0.142 e. The van der Waals surface area contributed by atoms with E-state index in [2.05, 4.69) is 12.2 Å². The molecule has 1 nitrogen and oxygen atoms in total. The highest BCUT2D eigenvalue weighted by atomic mass is 35.5. The Morgan fingerprint density at radius 2 is 2.27 bits per heavy atom. The van der Waals surface area contributed by atoms with Crippen molar-refractivity contribution in [3.63, 3.8) is 0 Å². The topological polar surface area (TPSA) is 12.0 Å². The Morgan fingerprint density at radius 1 is 1.53 bits per heavy atom. The highest BCUT2D eigenvalue weighted by Crippen LogP contribution is 2.36. The fourth-order valence-corrected chi connectivity index (χ4v) is 1.95. The molecular weight excluding hydrogens is 213 g/mol. The summed E-state index contributed by atoms with van der Waals surface area (Å²) in [6.07, 6.45) is 1.31. The van der Waals surface area contributed by atoms with Crippen LogP contribution in [0.1, 0.15) is 18.9 Å². The Morgan fingerprint density at radius 3 is 2.93 bits per heavy atom. The van der Waals surface area contributed by atoms with Gasteiger partial charge in [-0.25, -0.2) is 4.39 Å². The summed E-state index contributed by atoms with van der Waals surface area (Å²) in [6, 6.07) is 4.93. The summed E-state index contributed by atoms with van der Waals surface area (Å²) >= 11 is 5.84. The number of nitrogens with one attached hydrogen (secondary N) is 1. The molecule has 0 heterocycles. The van der Waals surface area contributed by atoms with Crippen molar-refractivity contribution in [1.29, 1.82) is 0 Å². The zero-order valence-corrected chi connectivity index (χ0v) is 9.52. The molecule has 1 aliphatic carbocycles. The van der Waals surface area contributed by atoms with Gasteiger partial charge >= 0.3 is 0 Å². The maximum atomic E-state index is 13.1. The van der Waals surface area contributed by atoms with Gasteiger partial charge in [-0.15, -0.1) is 0 Å². The third-order valence-corrected chi connectivity index (χ3v) is 3.45. The molecule has 2 atom stereocenters. The van der Waals surface area contributed by atoms with Crippen LogP contribution in [0.2, 0.25) is 5.02 Å². The molecule has 0 spiro atoms. The summed E-state index contributed by atoms with van der Waals surface area (Å²) in [5.74, 6) is 1.31. The molecule has 1 aromatic carbocycles. The molecule has 3 heteroatoms. The van der Waals surface area contributed by atoms with E-state index in [1.165, 1.54) is 12.5 Å². The van der Waals surface area contributed by atoms with E-state index in [1.54, 1.807) is 6.07 Å². The minimum Gasteiger partial charge on any atom is -0.312 e. The second-order valence-corrected chi connectivity index (χ2v) is 4.69. The lowest BCUT2D eigenvalue weighted by Crippen LogP contribution is -2.17. The average molecular weight is 228 g/mol. The summed E-state index contributed by atoms with van der Waals surface area (Å²) in [6.45, 7) is 3.91. The summed E-state index contributed by atoms with van der Waals surface area (Å²) in [7, 11) is 0. The van der Waals surface area contributed by atoms with Crippen molar-refractivity contribution in [2.75, 3.05) is 6.54 Å². The van der Waals surface area contributed by atoms with E-state index >= 15 is 0 Å². The van der Waals surface area contributed by atoms with Crippen molar-refractivity contribution in [3.05, 3.63) is 34.6 Å². The number of halogens is 2. The number of hydrogen-bond acceptors (Lipinski definition) is 1. The highest BCUT2D eigenvalue weighted by Gasteiger charge is 2.31. The Hall–Kier alpha value is -0.600. The first-order chi connectivity index (χ1) is 7.18. The van der Waals surface area contributed by atoms with E-state index in [0.29, 0.717) is 6.54 Å². The molecule has 0 amide bonds. The van der Waals surface area contributed by atoms with Crippen LogP contribution in [0.25, 0.3) is 0 Å². The molecule has 2 unspecified atom stereocenters. The molecule has 2 rings (SSSR count). The zero-order valence-electron chi connectivity index (χ0n) is 8.76. The van der Waals surface area contributed by atoms with Crippen molar-refractivity contribution < 1.29 is 4.39 Å². The van der Waals surface area contributed by atoms with Gasteiger partial charge in [0.15, 0.2) is 0 Å². The van der Waals surface area contributed by atoms with Crippen molar-refractivity contribution in [3.8, 4) is 0 Å². The van der Waals surface area contributed by atoms with Gasteiger partial charge in [-0.05, 0) is 36.4 Å². The summed E-state index contributed by atoms with van der Waals surface area (Å²) in [4.78, 5) is 0. The Kier molecular flexibility index (Phi) is 3.27. The quantitative estimate of drug-likeness (QED) is 0.833. The lowest BCUT2D eigenvalue weighted by atomic mass is 10.2. The summed E-state index contributed by atoms with van der Waals surface area (Å²) < 4.78 is 13.1. The van der Waals surface area contributed by atoms with Gasteiger partial charge in [-0.3, -0.25) is 0 Å². The first-order valence-corrected chi connectivity index (χ1v) is 5.70. The lowest BCUT2D eigenvalue weighted by Gasteiger charge is -2.06. The molecule has 1 aliphatic rings. The van der Waals surface area contributed by atoms with E-state index in [0.717, 1.165) is 23.9 Å². The van der Waals surface area contributed by atoms with Crippen LogP contribution in [0.5, 0.6) is 0 Å². The molecule has 0 radical (unpaired) electrons. The van der Waals surface area contributed by atoms with Crippen LogP contribution in [0, 0.1) is 17.7 Å². The van der Waals surface area contributed by atoms with Gasteiger partial charge < -0.3 is 5.32 Å². The van der Waals surface area contributed by atoms with Crippen LogP contribution < -0.4 is 5.32 Å². The SMILES string of the molecule is CC1CC1CNCc1cccc(F)c1Cl. The molecule has 1 fully saturated rings. The molecule has 15 heavy (non-hydrogen) atoms. The number of hydrogen-bond donors (Lipinski definition) is 1. The minimum absolute atomic E-state index is 0.244. The second kappa shape index (κ2) is 4.50. The van der Waals surface area contributed by atoms with Gasteiger partial charge in [0.2, 0.25) is 0 Å². The average Bonchev–Trinajstić information content (AvgIpc) is 2.89. The fraction of sp³-hybridized carbons (Fsp3) is 0.500. The lowest BCUT2D eigenvalue weighted by molar-refractivity contribution is 0.601. The predicted molar refractivity (Wildman–Crippen MR) is 60.4 cm³/mol. The van der Waals surface area contributed by atoms with Crippen molar-refractivity contribution >= 4 is 11.6 Å². The van der Waals surface area contributed by atoms with E-state index in [1.807, 2.05) is 6.07 Å². The Balaban J connectivity index is 1.85. The smallest absolute Gasteiger partial charge is 0.142 e. The monoisotopic (exact) mass is 227 g/mol. The van der Waals surface area contributed by atoms with Gasteiger partial charge in [-0.2, -0.15) is 0 Å². The van der Waals surface area contributed by atoms with Gasteiger partial charge in [0.05, 0.1) is 5.02 Å². The zero-order chi connectivity index (χ0) is 10.8. The summed E-state index contributed by atoms with van der Waals surface area (Å²) in [5, 5.41) is 3.56. The van der Waals surface area contributed by atoms with Crippen LogP contribution in [0.15, 0.2) is 18.2 Å². The van der Waals surface area contributed by atoms with E-state index in [4.69, 9.17) is 11.6 Å². The van der Waals surface area contributed by atoms with Crippen molar-refractivity contribution in [2.45, 2.75) is 19.9 Å². The molecule has 0 bridgehead atoms. The first kappa shape index (κ1) is 10.9. The first-order valence-electron chi connectivity index (χ1n) is 5.32. The van der Waals surface area contributed by atoms with Crippen molar-refractivity contribution in [1.82, 2.24) is 5.32 Å². The molecule has 0 aromatic heterocycles. The van der Waals surface area contributed by atoms with E-state index in [9.17, 15) is 4.39 Å². The van der Waals surface area contributed by atoms with Gasteiger partial charge in [0.25, 0.3) is 0 Å². The third-order valence-electron chi connectivity index (χ3n) is 3.03. The van der Waals surface area contributed by atoms with E-state index < -0.39 is 0 Å². The Labute approximate surface area is 94.6 Å². The van der Waals surface area contributed by atoms with Crippen LogP contribution in [0.3, 0.4) is 0 Å². The Bertz CT molecular complexity index is 353. The standard InChI is InChI=1S/C12H15ClFN/c1-8-5-10(8)7-15-6-9-3-2-4-11(14)12(9)13/h2-4,8,10,15H,5-7H2,1H3. The maximum absolute atomic E-state index is 13.1. The number of rotatable bonds is 4. The molecular formula is C12H15ClFN. The molecule has 0 saturated heterocycles. The fourth-order valence-electron chi connectivity index (χ4n) is 1.76. The third kappa shape index (κ3) is 2.70. The van der Waals surface area contributed by atoms with Crippen LogP contribution in [-0.4, -0.2) is 6.54 Å². The van der Waals surface area contributed by atoms with Gasteiger partial charge in [0.1, 0.15) is 5.82 Å². The normalized spacial score (nSPS) is 24.2. The molecule has 1 saturated carbocycles. The second-order valence-electron chi connectivity index (χ2n) is 4.32. The van der Waals surface area contributed by atoms with Crippen molar-refractivity contribution in [2.24, 2.45) is 11.8 Å². The predicted octanol–water partition coefficient (Wildman–Crippen LogP) is 3.22. The van der Waals surface area contributed by atoms with Crippen LogP contribution >= 0.6 is 11.6 Å². The molecule has 0 aliphatic heterocycles.